The highest BCUT2D eigenvalue weighted by molar-refractivity contribution is 7.92. The molecule has 1 aromatic heterocycles. The van der Waals surface area contributed by atoms with E-state index < -0.39 is 25.4 Å². The maximum absolute atomic E-state index is 12.3. The number of hydrogen-bond donors (Lipinski definition) is 2. The third-order valence-corrected chi connectivity index (χ3v) is 6.82. The van der Waals surface area contributed by atoms with Gasteiger partial charge in [-0.2, -0.15) is 0 Å². The van der Waals surface area contributed by atoms with Crippen LogP contribution in [0, 0.1) is 0 Å². The number of sulfonamides is 1. The molecule has 0 amide bonds. The lowest BCUT2D eigenvalue weighted by Crippen LogP contribution is -2.46. The van der Waals surface area contributed by atoms with Gasteiger partial charge < -0.3 is 5.32 Å². The van der Waals surface area contributed by atoms with E-state index in [1.165, 1.54) is 12.3 Å². The largest absolute Gasteiger partial charge is 0.370 e. The molecule has 0 aliphatic carbocycles. The molecule has 1 saturated heterocycles. The number of nitrogens with zero attached hydrogens (tertiary/aromatic N) is 1. The highest BCUT2D eigenvalue weighted by Gasteiger charge is 2.41. The van der Waals surface area contributed by atoms with E-state index >= 15 is 0 Å². The summed E-state index contributed by atoms with van der Waals surface area (Å²) >= 11 is 0. The van der Waals surface area contributed by atoms with Crippen LogP contribution in [0.15, 0.2) is 23.2 Å². The monoisotopic (exact) mass is 333 g/mol. The quantitative estimate of drug-likeness (QED) is 0.806. The van der Waals surface area contributed by atoms with Gasteiger partial charge in [0, 0.05) is 18.3 Å². The zero-order chi connectivity index (χ0) is 15.7. The molecule has 0 aromatic carbocycles. The van der Waals surface area contributed by atoms with Gasteiger partial charge in [0.25, 0.3) is 0 Å². The van der Waals surface area contributed by atoms with Crippen molar-refractivity contribution < 1.29 is 16.8 Å². The Morgan fingerprint density at radius 1 is 1.38 bits per heavy atom. The van der Waals surface area contributed by atoms with Crippen LogP contribution in [0.2, 0.25) is 0 Å². The first-order valence-electron chi connectivity index (χ1n) is 6.60. The lowest BCUT2D eigenvalue weighted by Gasteiger charge is -2.23. The van der Waals surface area contributed by atoms with Crippen LogP contribution < -0.4 is 10.0 Å². The Labute approximate surface area is 125 Å². The molecule has 0 spiro atoms. The highest BCUT2D eigenvalue weighted by Crippen LogP contribution is 2.25. The summed E-state index contributed by atoms with van der Waals surface area (Å²) < 4.78 is 50.2. The molecule has 7 nitrogen and oxygen atoms in total. The summed E-state index contributed by atoms with van der Waals surface area (Å²) in [4.78, 5) is 4.03. The van der Waals surface area contributed by atoms with Crippen LogP contribution in [0.5, 0.6) is 0 Å². The average molecular weight is 333 g/mol. The van der Waals surface area contributed by atoms with Gasteiger partial charge in [0.05, 0.1) is 11.5 Å². The van der Waals surface area contributed by atoms with E-state index in [2.05, 4.69) is 15.0 Å². The van der Waals surface area contributed by atoms with E-state index in [1.54, 1.807) is 13.0 Å². The van der Waals surface area contributed by atoms with Gasteiger partial charge in [-0.25, -0.2) is 26.5 Å². The fourth-order valence-corrected chi connectivity index (χ4v) is 5.86. The molecule has 1 unspecified atom stereocenters. The van der Waals surface area contributed by atoms with Crippen LogP contribution in [0.1, 0.15) is 20.3 Å². The van der Waals surface area contributed by atoms with Crippen molar-refractivity contribution in [1.29, 1.82) is 0 Å². The van der Waals surface area contributed by atoms with Crippen molar-refractivity contribution in [2.45, 2.75) is 30.7 Å². The van der Waals surface area contributed by atoms with Crippen LogP contribution in [-0.4, -0.2) is 45.4 Å². The highest BCUT2D eigenvalue weighted by atomic mass is 32.2. The number of sulfone groups is 1. The van der Waals surface area contributed by atoms with Gasteiger partial charge in [-0.1, -0.05) is 0 Å². The summed E-state index contributed by atoms with van der Waals surface area (Å²) in [5, 5.41) is 2.97. The number of hydrogen-bond acceptors (Lipinski definition) is 6. The predicted molar refractivity (Wildman–Crippen MR) is 80.4 cm³/mol. The molecule has 1 aliphatic rings. The maximum atomic E-state index is 12.3. The average Bonchev–Trinajstić information content (AvgIpc) is 2.63. The second kappa shape index (κ2) is 5.54. The van der Waals surface area contributed by atoms with Crippen molar-refractivity contribution >= 4 is 25.7 Å². The van der Waals surface area contributed by atoms with Gasteiger partial charge in [0.15, 0.2) is 9.84 Å². The van der Waals surface area contributed by atoms with E-state index in [-0.39, 0.29) is 22.8 Å². The lowest BCUT2D eigenvalue weighted by molar-refractivity contribution is 0.461. The van der Waals surface area contributed by atoms with Gasteiger partial charge in [-0.05, 0) is 32.4 Å². The Hall–Kier alpha value is -1.19. The molecule has 0 saturated carbocycles. The summed E-state index contributed by atoms with van der Waals surface area (Å²) in [5.74, 6) is 0.414. The van der Waals surface area contributed by atoms with Crippen molar-refractivity contribution in [3.8, 4) is 0 Å². The van der Waals surface area contributed by atoms with Crippen molar-refractivity contribution in [2.24, 2.45) is 0 Å². The van der Waals surface area contributed by atoms with Crippen molar-refractivity contribution in [1.82, 2.24) is 9.71 Å². The summed E-state index contributed by atoms with van der Waals surface area (Å²) in [7, 11) is -6.96. The molecule has 2 rings (SSSR count). The predicted octanol–water partition coefficient (Wildman–Crippen LogP) is 0.369. The minimum absolute atomic E-state index is 0.00360. The number of anilines is 1. The minimum atomic E-state index is -3.79. The van der Waals surface area contributed by atoms with Crippen LogP contribution in [0.3, 0.4) is 0 Å². The minimum Gasteiger partial charge on any atom is -0.370 e. The molecule has 1 atom stereocenters. The second-order valence-electron chi connectivity index (χ2n) is 5.42. The summed E-state index contributed by atoms with van der Waals surface area (Å²) in [6.07, 6.45) is 1.53. The molecule has 9 heteroatoms. The molecule has 1 aliphatic heterocycles. The molecule has 1 fully saturated rings. The van der Waals surface area contributed by atoms with E-state index in [0.29, 0.717) is 12.4 Å². The van der Waals surface area contributed by atoms with Gasteiger partial charge >= 0.3 is 0 Å². The van der Waals surface area contributed by atoms with Crippen molar-refractivity contribution in [2.75, 3.05) is 23.4 Å². The Kier molecular flexibility index (Phi) is 4.27. The Bertz CT molecular complexity index is 713. The number of nitrogens with one attached hydrogen (secondary N) is 2. The molecular weight excluding hydrogens is 314 g/mol. The first-order valence-corrected chi connectivity index (χ1v) is 9.91. The van der Waals surface area contributed by atoms with E-state index in [9.17, 15) is 16.8 Å². The van der Waals surface area contributed by atoms with Gasteiger partial charge in [-0.15, -0.1) is 0 Å². The molecule has 118 valence electrons. The van der Waals surface area contributed by atoms with Crippen LogP contribution >= 0.6 is 0 Å². The molecule has 0 bridgehead atoms. The first-order chi connectivity index (χ1) is 9.66. The summed E-state index contributed by atoms with van der Waals surface area (Å²) in [5.41, 5.74) is -0.960. The fourth-order valence-electron chi connectivity index (χ4n) is 2.30. The van der Waals surface area contributed by atoms with Crippen LogP contribution in [0.4, 0.5) is 5.82 Å². The third kappa shape index (κ3) is 3.92. The van der Waals surface area contributed by atoms with Gasteiger partial charge in [0.1, 0.15) is 10.7 Å². The van der Waals surface area contributed by atoms with Crippen molar-refractivity contribution in [3.63, 3.8) is 0 Å². The SMILES string of the molecule is CCNc1ccc(S(=O)(=O)NC2(C)CCS(=O)(=O)C2)cn1. The van der Waals surface area contributed by atoms with Gasteiger partial charge in [-0.3, -0.25) is 0 Å². The van der Waals surface area contributed by atoms with Gasteiger partial charge in [0.2, 0.25) is 10.0 Å². The van der Waals surface area contributed by atoms with E-state index in [4.69, 9.17) is 0 Å². The topological polar surface area (TPSA) is 105 Å². The standard InChI is InChI=1S/C12H19N3O4S2/c1-3-13-11-5-4-10(8-14-11)21(18,19)15-12(2)6-7-20(16,17)9-12/h4-5,8,15H,3,6-7,9H2,1-2H3,(H,13,14). The number of rotatable bonds is 5. The third-order valence-electron chi connectivity index (χ3n) is 3.29. The fraction of sp³-hybridized carbons (Fsp3) is 0.583. The zero-order valence-electron chi connectivity index (χ0n) is 12.0. The number of pyridine rings is 1. The zero-order valence-corrected chi connectivity index (χ0v) is 13.6. The van der Waals surface area contributed by atoms with Crippen LogP contribution in [-0.2, 0) is 19.9 Å². The Morgan fingerprint density at radius 3 is 2.57 bits per heavy atom. The molecule has 2 N–H and O–H groups in total. The first kappa shape index (κ1) is 16.2. The summed E-state index contributed by atoms with van der Waals surface area (Å²) in [6.45, 7) is 4.21. The molecule has 1 aromatic rings. The molecule has 0 radical (unpaired) electrons. The van der Waals surface area contributed by atoms with Crippen LogP contribution in [0.25, 0.3) is 0 Å². The maximum Gasteiger partial charge on any atom is 0.242 e. The smallest absolute Gasteiger partial charge is 0.242 e. The number of aromatic nitrogens is 1. The van der Waals surface area contributed by atoms with E-state index in [0.717, 1.165) is 0 Å². The molecular formula is C12H19N3O4S2. The van der Waals surface area contributed by atoms with E-state index in [1.807, 2.05) is 6.92 Å². The molecule has 21 heavy (non-hydrogen) atoms. The summed E-state index contributed by atoms with van der Waals surface area (Å²) in [6, 6.07) is 3.02. The normalized spacial score (nSPS) is 24.9. The second-order valence-corrected chi connectivity index (χ2v) is 9.28. The Balaban J connectivity index is 2.19. The van der Waals surface area contributed by atoms with Crippen molar-refractivity contribution in [3.05, 3.63) is 18.3 Å². The molecule has 2 heterocycles. The Morgan fingerprint density at radius 2 is 2.10 bits per heavy atom. The lowest BCUT2D eigenvalue weighted by atomic mass is 10.0.